The SMILES string of the molecule is CCc1ccc(OCCNC(=O)CCCN(c2cc(OC)c(Cl)cc2OC)S(C)(=O)=O)cc1. The van der Waals surface area contributed by atoms with Gasteiger partial charge in [-0.05, 0) is 30.5 Å². The molecule has 0 unspecified atom stereocenters. The molecule has 0 bridgehead atoms. The minimum Gasteiger partial charge on any atom is -0.495 e. The number of benzene rings is 2. The zero-order valence-corrected chi connectivity index (χ0v) is 21.0. The van der Waals surface area contributed by atoms with Crippen LogP contribution in [0.15, 0.2) is 36.4 Å². The van der Waals surface area contributed by atoms with Gasteiger partial charge in [-0.1, -0.05) is 30.7 Å². The van der Waals surface area contributed by atoms with Crippen LogP contribution in [0.25, 0.3) is 0 Å². The molecular formula is C23H31ClN2O6S. The number of rotatable bonds is 13. The Morgan fingerprint density at radius 2 is 1.76 bits per heavy atom. The molecule has 1 amide bonds. The van der Waals surface area contributed by atoms with Crippen molar-refractivity contribution in [3.63, 3.8) is 0 Å². The Morgan fingerprint density at radius 1 is 1.09 bits per heavy atom. The largest absolute Gasteiger partial charge is 0.495 e. The number of sulfonamides is 1. The number of carbonyl (C=O) groups is 1. The normalized spacial score (nSPS) is 11.1. The number of anilines is 1. The predicted octanol–water partition coefficient (Wildman–Crippen LogP) is 3.66. The minimum absolute atomic E-state index is 0.0909. The first-order chi connectivity index (χ1) is 15.7. The summed E-state index contributed by atoms with van der Waals surface area (Å²) in [6.07, 6.45) is 2.53. The van der Waals surface area contributed by atoms with Crippen LogP contribution in [0.5, 0.6) is 17.2 Å². The maximum atomic E-state index is 12.4. The molecule has 0 aromatic heterocycles. The Bertz CT molecular complexity index is 1030. The number of hydrogen-bond acceptors (Lipinski definition) is 6. The number of methoxy groups -OCH3 is 2. The zero-order valence-electron chi connectivity index (χ0n) is 19.4. The first-order valence-corrected chi connectivity index (χ1v) is 12.8. The first kappa shape index (κ1) is 26.6. The van der Waals surface area contributed by atoms with E-state index >= 15 is 0 Å². The summed E-state index contributed by atoms with van der Waals surface area (Å²) in [5, 5.41) is 3.08. The van der Waals surface area contributed by atoms with E-state index in [9.17, 15) is 13.2 Å². The third-order valence-electron chi connectivity index (χ3n) is 4.91. The van der Waals surface area contributed by atoms with Crippen molar-refractivity contribution in [1.29, 1.82) is 0 Å². The highest BCUT2D eigenvalue weighted by Gasteiger charge is 2.23. The lowest BCUT2D eigenvalue weighted by atomic mass is 10.2. The van der Waals surface area contributed by atoms with E-state index in [2.05, 4.69) is 12.2 Å². The van der Waals surface area contributed by atoms with Crippen LogP contribution in [0.2, 0.25) is 5.02 Å². The molecule has 0 saturated carbocycles. The first-order valence-electron chi connectivity index (χ1n) is 10.6. The van der Waals surface area contributed by atoms with Gasteiger partial charge in [-0.15, -0.1) is 0 Å². The van der Waals surface area contributed by atoms with Crippen LogP contribution >= 0.6 is 11.6 Å². The summed E-state index contributed by atoms with van der Waals surface area (Å²) in [4.78, 5) is 12.2. The predicted molar refractivity (Wildman–Crippen MR) is 130 cm³/mol. The average molecular weight is 499 g/mol. The molecule has 182 valence electrons. The average Bonchev–Trinajstić information content (AvgIpc) is 2.79. The zero-order chi connectivity index (χ0) is 24.4. The molecule has 8 nitrogen and oxygen atoms in total. The minimum atomic E-state index is -3.64. The molecule has 33 heavy (non-hydrogen) atoms. The van der Waals surface area contributed by atoms with Crippen molar-refractivity contribution in [1.82, 2.24) is 5.32 Å². The van der Waals surface area contributed by atoms with E-state index < -0.39 is 10.0 Å². The van der Waals surface area contributed by atoms with E-state index in [4.69, 9.17) is 25.8 Å². The van der Waals surface area contributed by atoms with Gasteiger partial charge in [0.05, 0.1) is 37.7 Å². The molecule has 0 aliphatic heterocycles. The number of nitrogens with one attached hydrogen (secondary N) is 1. The maximum absolute atomic E-state index is 12.4. The molecule has 1 N–H and O–H groups in total. The molecule has 2 aromatic rings. The van der Waals surface area contributed by atoms with Gasteiger partial charge in [0.2, 0.25) is 15.9 Å². The van der Waals surface area contributed by atoms with Gasteiger partial charge in [0.25, 0.3) is 0 Å². The van der Waals surface area contributed by atoms with E-state index in [1.54, 1.807) is 0 Å². The van der Waals surface area contributed by atoms with Crippen molar-refractivity contribution in [2.75, 3.05) is 44.5 Å². The molecule has 0 heterocycles. The van der Waals surface area contributed by atoms with Crippen LogP contribution in [0, 0.1) is 0 Å². The fourth-order valence-electron chi connectivity index (χ4n) is 3.16. The fraction of sp³-hybridized carbons (Fsp3) is 0.435. The van der Waals surface area contributed by atoms with Crippen LogP contribution in [0.3, 0.4) is 0 Å². The number of amides is 1. The second-order valence-corrected chi connectivity index (χ2v) is 9.61. The molecule has 0 aliphatic carbocycles. The number of carbonyl (C=O) groups excluding carboxylic acids is 1. The van der Waals surface area contributed by atoms with E-state index in [0.29, 0.717) is 41.8 Å². The van der Waals surface area contributed by atoms with Crippen LogP contribution < -0.4 is 23.8 Å². The fourth-order valence-corrected chi connectivity index (χ4v) is 4.35. The molecule has 0 aliphatic rings. The van der Waals surface area contributed by atoms with Gasteiger partial charge in [0.1, 0.15) is 23.9 Å². The van der Waals surface area contributed by atoms with Crippen molar-refractivity contribution in [3.05, 3.63) is 47.0 Å². The van der Waals surface area contributed by atoms with E-state index in [-0.39, 0.29) is 18.9 Å². The summed E-state index contributed by atoms with van der Waals surface area (Å²) in [5.74, 6) is 1.18. The van der Waals surface area contributed by atoms with E-state index in [1.165, 1.54) is 36.2 Å². The molecule has 10 heteroatoms. The smallest absolute Gasteiger partial charge is 0.232 e. The highest BCUT2D eigenvalue weighted by Crippen LogP contribution is 2.39. The van der Waals surface area contributed by atoms with Gasteiger partial charge in [-0.3, -0.25) is 9.10 Å². The number of halogens is 1. The summed E-state index contributed by atoms with van der Waals surface area (Å²) in [7, 11) is -0.773. The van der Waals surface area contributed by atoms with Gasteiger partial charge >= 0.3 is 0 Å². The summed E-state index contributed by atoms with van der Waals surface area (Å²) >= 11 is 6.12. The lowest BCUT2D eigenvalue weighted by molar-refractivity contribution is -0.121. The van der Waals surface area contributed by atoms with Crippen molar-refractivity contribution < 1.29 is 27.4 Å². The van der Waals surface area contributed by atoms with Gasteiger partial charge in [-0.25, -0.2) is 8.42 Å². The van der Waals surface area contributed by atoms with Gasteiger partial charge in [0, 0.05) is 25.1 Å². The topological polar surface area (TPSA) is 94.2 Å². The van der Waals surface area contributed by atoms with Crippen molar-refractivity contribution >= 4 is 33.2 Å². The van der Waals surface area contributed by atoms with E-state index in [1.807, 2.05) is 24.3 Å². The summed E-state index contributed by atoms with van der Waals surface area (Å²) < 4.78 is 42.2. The Kier molecular flexibility index (Phi) is 10.1. The van der Waals surface area contributed by atoms with Crippen LogP contribution in [-0.4, -0.2) is 54.5 Å². The number of hydrogen-bond donors (Lipinski definition) is 1. The van der Waals surface area contributed by atoms with Crippen molar-refractivity contribution in [2.45, 2.75) is 26.2 Å². The summed E-state index contributed by atoms with van der Waals surface area (Å²) in [6, 6.07) is 10.8. The third-order valence-corrected chi connectivity index (χ3v) is 6.39. The molecule has 2 aromatic carbocycles. The Labute approximate surface area is 200 Å². The van der Waals surface area contributed by atoms with Gasteiger partial charge in [-0.2, -0.15) is 0 Å². The Balaban J connectivity index is 1.88. The Morgan fingerprint density at radius 3 is 2.33 bits per heavy atom. The quantitative estimate of drug-likeness (QED) is 0.423. The van der Waals surface area contributed by atoms with Crippen LogP contribution in [0.1, 0.15) is 25.3 Å². The lowest BCUT2D eigenvalue weighted by Gasteiger charge is -2.25. The second-order valence-electron chi connectivity index (χ2n) is 7.29. The van der Waals surface area contributed by atoms with Crippen LogP contribution in [-0.2, 0) is 21.2 Å². The highest BCUT2D eigenvalue weighted by atomic mass is 35.5. The maximum Gasteiger partial charge on any atom is 0.232 e. The monoisotopic (exact) mass is 498 g/mol. The molecule has 0 spiro atoms. The Hall–Kier alpha value is -2.65. The third kappa shape index (κ3) is 8.01. The number of aryl methyl sites for hydroxylation is 1. The van der Waals surface area contributed by atoms with Crippen molar-refractivity contribution in [3.8, 4) is 17.2 Å². The summed E-state index contributed by atoms with van der Waals surface area (Å²) in [6.45, 7) is 2.87. The number of nitrogens with zero attached hydrogens (tertiary/aromatic N) is 1. The molecular weight excluding hydrogens is 468 g/mol. The second kappa shape index (κ2) is 12.6. The van der Waals surface area contributed by atoms with Gasteiger partial charge in [0.15, 0.2) is 0 Å². The van der Waals surface area contributed by atoms with Crippen molar-refractivity contribution in [2.24, 2.45) is 0 Å². The number of ether oxygens (including phenoxy) is 3. The highest BCUT2D eigenvalue weighted by molar-refractivity contribution is 7.92. The lowest BCUT2D eigenvalue weighted by Crippen LogP contribution is -2.33. The molecule has 2 rings (SSSR count). The van der Waals surface area contributed by atoms with Gasteiger partial charge < -0.3 is 19.5 Å². The summed E-state index contributed by atoms with van der Waals surface area (Å²) in [5.41, 5.74) is 1.53. The molecule has 0 fully saturated rings. The van der Waals surface area contributed by atoms with Crippen LogP contribution in [0.4, 0.5) is 5.69 Å². The molecule has 0 saturated heterocycles. The molecule has 0 atom stereocenters. The van der Waals surface area contributed by atoms with E-state index in [0.717, 1.165) is 18.4 Å². The molecule has 0 radical (unpaired) electrons. The standard InChI is InChI=1S/C23H31ClN2O6S/c1-5-17-8-10-18(11-9-17)32-14-12-25-23(27)7-6-13-26(33(4,28)29)20-16-21(30-2)19(24)15-22(20)31-3/h8-11,15-16H,5-7,12-14H2,1-4H3,(H,25,27).